The lowest BCUT2D eigenvalue weighted by molar-refractivity contribution is -0.134. The zero-order chi connectivity index (χ0) is 19.8. The van der Waals surface area contributed by atoms with E-state index in [1.807, 2.05) is 43.5 Å². The van der Waals surface area contributed by atoms with Crippen molar-refractivity contribution in [2.75, 3.05) is 26.2 Å². The molecule has 0 aliphatic carbocycles. The van der Waals surface area contributed by atoms with Gasteiger partial charge in [-0.25, -0.2) is 0 Å². The van der Waals surface area contributed by atoms with Crippen molar-refractivity contribution in [1.82, 2.24) is 25.3 Å². The first kappa shape index (κ1) is 19.9. The Morgan fingerprint density at radius 1 is 1.36 bits per heavy atom. The van der Waals surface area contributed by atoms with E-state index in [0.29, 0.717) is 39.3 Å². The molecule has 1 aromatic heterocycles. The largest absolute Gasteiger partial charge is 0.494 e. The average molecular weight is 385 g/mol. The van der Waals surface area contributed by atoms with E-state index in [9.17, 15) is 9.59 Å². The molecular weight excluding hydrogens is 358 g/mol. The lowest BCUT2D eigenvalue weighted by Gasteiger charge is -2.34. The fourth-order valence-electron chi connectivity index (χ4n) is 3.26. The van der Waals surface area contributed by atoms with Crippen LogP contribution in [0.25, 0.3) is 0 Å². The van der Waals surface area contributed by atoms with Crippen molar-refractivity contribution in [3.8, 4) is 5.75 Å². The molecule has 2 aromatic rings. The smallest absolute Gasteiger partial charge is 0.237 e. The highest BCUT2D eigenvalue weighted by atomic mass is 16.5. The second-order valence-corrected chi connectivity index (χ2v) is 6.68. The Morgan fingerprint density at radius 3 is 2.89 bits per heavy atom. The molecule has 0 bridgehead atoms. The number of carbonyl (C=O) groups is 2. The van der Waals surface area contributed by atoms with Crippen molar-refractivity contribution in [3.63, 3.8) is 0 Å². The summed E-state index contributed by atoms with van der Waals surface area (Å²) >= 11 is 0. The molecule has 0 radical (unpaired) electrons. The van der Waals surface area contributed by atoms with Crippen LogP contribution in [0.2, 0.25) is 0 Å². The maximum absolute atomic E-state index is 12.4. The van der Waals surface area contributed by atoms with Gasteiger partial charge < -0.3 is 15.4 Å². The number of amides is 2. The lowest BCUT2D eigenvalue weighted by atomic mass is 10.1. The number of hydrogen-bond donors (Lipinski definition) is 2. The molecule has 8 nitrogen and oxygen atoms in total. The maximum Gasteiger partial charge on any atom is 0.237 e. The monoisotopic (exact) mass is 385 g/mol. The summed E-state index contributed by atoms with van der Waals surface area (Å²) in [5.41, 5.74) is 1.09. The summed E-state index contributed by atoms with van der Waals surface area (Å²) < 4.78 is 7.22. The van der Waals surface area contributed by atoms with Gasteiger partial charge in [0.1, 0.15) is 5.75 Å². The highest BCUT2D eigenvalue weighted by Crippen LogP contribution is 2.17. The molecule has 1 saturated heterocycles. The number of hydrogen-bond acceptors (Lipinski definition) is 5. The number of piperazine rings is 1. The Hall–Kier alpha value is -2.87. The molecule has 8 heteroatoms. The molecule has 28 heavy (non-hydrogen) atoms. The molecule has 0 spiro atoms. The summed E-state index contributed by atoms with van der Waals surface area (Å²) in [6.07, 6.45) is 3.69. The van der Waals surface area contributed by atoms with Crippen molar-refractivity contribution in [1.29, 1.82) is 0 Å². The summed E-state index contributed by atoms with van der Waals surface area (Å²) in [4.78, 5) is 26.8. The molecule has 0 saturated carbocycles. The van der Waals surface area contributed by atoms with Crippen molar-refractivity contribution in [2.24, 2.45) is 0 Å². The molecule has 2 amide bonds. The van der Waals surface area contributed by atoms with Crippen molar-refractivity contribution < 1.29 is 14.3 Å². The number of benzene rings is 1. The highest BCUT2D eigenvalue weighted by molar-refractivity contribution is 5.88. The van der Waals surface area contributed by atoms with Crippen LogP contribution in [0.15, 0.2) is 42.7 Å². The predicted molar refractivity (Wildman–Crippen MR) is 105 cm³/mol. The van der Waals surface area contributed by atoms with Crippen LogP contribution in [-0.4, -0.2) is 58.8 Å². The average Bonchev–Trinajstić information content (AvgIpc) is 3.20. The second-order valence-electron chi connectivity index (χ2n) is 6.68. The number of rotatable bonds is 9. The predicted octanol–water partition coefficient (Wildman–Crippen LogP) is 0.789. The zero-order valence-electron chi connectivity index (χ0n) is 16.1. The van der Waals surface area contributed by atoms with Crippen molar-refractivity contribution in [3.05, 3.63) is 48.3 Å². The minimum Gasteiger partial charge on any atom is -0.494 e. The number of nitrogens with zero attached hydrogens (tertiary/aromatic N) is 3. The molecule has 2 N–H and O–H groups in total. The van der Waals surface area contributed by atoms with E-state index >= 15 is 0 Å². The fourth-order valence-corrected chi connectivity index (χ4v) is 3.26. The quantitative estimate of drug-likeness (QED) is 0.666. The Labute approximate surface area is 164 Å². The van der Waals surface area contributed by atoms with Gasteiger partial charge >= 0.3 is 0 Å². The molecule has 150 valence electrons. The molecule has 1 atom stereocenters. The summed E-state index contributed by atoms with van der Waals surface area (Å²) in [5.74, 6) is 0.598. The first-order valence-corrected chi connectivity index (χ1v) is 9.63. The molecule has 1 aromatic carbocycles. The van der Waals surface area contributed by atoms with Crippen LogP contribution in [0.4, 0.5) is 0 Å². The van der Waals surface area contributed by atoms with Crippen LogP contribution in [0.3, 0.4) is 0 Å². The third-order valence-electron chi connectivity index (χ3n) is 4.66. The van der Waals surface area contributed by atoms with Crippen molar-refractivity contribution in [2.45, 2.75) is 32.5 Å². The lowest BCUT2D eigenvalue weighted by Crippen LogP contribution is -2.56. The van der Waals surface area contributed by atoms with E-state index in [2.05, 4.69) is 20.6 Å². The van der Waals surface area contributed by atoms with Gasteiger partial charge in [-0.3, -0.25) is 19.2 Å². The zero-order valence-corrected chi connectivity index (χ0v) is 16.1. The maximum atomic E-state index is 12.4. The first-order chi connectivity index (χ1) is 13.7. The van der Waals surface area contributed by atoms with Crippen LogP contribution >= 0.6 is 0 Å². The van der Waals surface area contributed by atoms with Gasteiger partial charge in [-0.05, 0) is 30.7 Å². The van der Waals surface area contributed by atoms with Gasteiger partial charge in [-0.1, -0.05) is 12.1 Å². The Kier molecular flexibility index (Phi) is 7.02. The third-order valence-corrected chi connectivity index (χ3v) is 4.66. The fraction of sp³-hybridized carbons (Fsp3) is 0.450. The summed E-state index contributed by atoms with van der Waals surface area (Å²) in [6, 6.07) is 9.23. The number of ether oxygens (including phenoxy) is 1. The first-order valence-electron chi connectivity index (χ1n) is 9.63. The van der Waals surface area contributed by atoms with Crippen LogP contribution in [0.1, 0.15) is 18.9 Å². The number of nitrogens with one attached hydrogen (secondary N) is 2. The van der Waals surface area contributed by atoms with Gasteiger partial charge in [-0.2, -0.15) is 5.10 Å². The van der Waals surface area contributed by atoms with E-state index in [4.69, 9.17) is 4.74 Å². The number of carbonyl (C=O) groups excluding carboxylic acids is 2. The highest BCUT2D eigenvalue weighted by Gasteiger charge is 2.31. The molecule has 1 aliphatic heterocycles. The van der Waals surface area contributed by atoms with Crippen LogP contribution < -0.4 is 15.4 Å². The minimum absolute atomic E-state index is 0.0978. The van der Waals surface area contributed by atoms with Crippen LogP contribution in [0, 0.1) is 0 Å². The SMILES string of the molecule is CCOc1ccc(CN2CCNC(=O)C2CC(=O)NCCn2cccn2)cc1. The Balaban J connectivity index is 1.53. The molecule has 2 heterocycles. The molecule has 1 fully saturated rings. The molecule has 1 unspecified atom stereocenters. The van der Waals surface area contributed by atoms with E-state index in [-0.39, 0.29) is 18.2 Å². The van der Waals surface area contributed by atoms with E-state index < -0.39 is 6.04 Å². The van der Waals surface area contributed by atoms with Gasteiger partial charge in [-0.15, -0.1) is 0 Å². The van der Waals surface area contributed by atoms with Gasteiger partial charge in [0.15, 0.2) is 0 Å². The van der Waals surface area contributed by atoms with Gasteiger partial charge in [0.05, 0.1) is 25.6 Å². The van der Waals surface area contributed by atoms with Gasteiger partial charge in [0.25, 0.3) is 0 Å². The standard InChI is InChI=1S/C20H27N5O3/c1-2-28-17-6-4-16(5-7-17)15-24-12-9-22-20(27)18(24)14-19(26)21-10-13-25-11-3-8-23-25/h3-8,11,18H,2,9-10,12-15H2,1H3,(H,21,26)(H,22,27). The van der Waals surface area contributed by atoms with Crippen LogP contribution in [-0.2, 0) is 22.7 Å². The van der Waals surface area contributed by atoms with E-state index in [0.717, 1.165) is 11.3 Å². The second kappa shape index (κ2) is 9.89. The Morgan fingerprint density at radius 2 is 2.18 bits per heavy atom. The normalized spacial score (nSPS) is 17.2. The number of aromatic nitrogens is 2. The van der Waals surface area contributed by atoms with E-state index in [1.165, 1.54) is 0 Å². The molecule has 3 rings (SSSR count). The topological polar surface area (TPSA) is 88.5 Å². The van der Waals surface area contributed by atoms with Gasteiger partial charge in [0, 0.05) is 38.6 Å². The Bertz CT molecular complexity index is 761. The van der Waals surface area contributed by atoms with Crippen molar-refractivity contribution >= 4 is 11.8 Å². The van der Waals surface area contributed by atoms with Crippen LogP contribution in [0.5, 0.6) is 5.75 Å². The van der Waals surface area contributed by atoms with Gasteiger partial charge in [0.2, 0.25) is 11.8 Å². The van der Waals surface area contributed by atoms with E-state index in [1.54, 1.807) is 10.9 Å². The summed E-state index contributed by atoms with van der Waals surface area (Å²) in [7, 11) is 0. The summed E-state index contributed by atoms with van der Waals surface area (Å²) in [5, 5.41) is 9.84. The summed E-state index contributed by atoms with van der Waals surface area (Å²) in [6.45, 7) is 5.58. The third kappa shape index (κ3) is 5.56. The molecular formula is C20H27N5O3. The molecule has 1 aliphatic rings. The minimum atomic E-state index is -0.468.